The fourth-order valence-corrected chi connectivity index (χ4v) is 4.55. The molecule has 0 aliphatic carbocycles. The Balaban J connectivity index is 2.47. The number of nitrogens with two attached hydrogens (primary N) is 1. The van der Waals surface area contributed by atoms with Crippen molar-refractivity contribution in [3.63, 3.8) is 0 Å². The summed E-state index contributed by atoms with van der Waals surface area (Å²) < 4.78 is 28.6. The van der Waals surface area contributed by atoms with Crippen LogP contribution in [-0.2, 0) is 10.0 Å². The minimum atomic E-state index is -3.62. The van der Waals surface area contributed by atoms with Gasteiger partial charge in [-0.2, -0.15) is 4.31 Å². The number of hydrogen-bond acceptors (Lipinski definition) is 5. The molecule has 0 spiro atoms. The molecule has 0 aliphatic heterocycles. The number of imidazole rings is 1. The van der Waals surface area contributed by atoms with Crippen molar-refractivity contribution in [2.24, 2.45) is 5.92 Å². The van der Waals surface area contributed by atoms with Gasteiger partial charge in [0.2, 0.25) is 0 Å². The van der Waals surface area contributed by atoms with Gasteiger partial charge in [-0.05, 0) is 5.92 Å². The number of rotatable bonds is 6. The Labute approximate surface area is 123 Å². The topological polar surface area (TPSA) is 80.7 Å². The van der Waals surface area contributed by atoms with Gasteiger partial charge >= 0.3 is 0 Å². The largest absolute Gasteiger partial charge is 0.381 e. The van der Waals surface area contributed by atoms with Gasteiger partial charge in [-0.25, -0.2) is 13.4 Å². The highest BCUT2D eigenvalue weighted by molar-refractivity contribution is 7.89. The van der Waals surface area contributed by atoms with E-state index in [2.05, 4.69) is 11.9 Å². The monoisotopic (exact) mass is 316 g/mol. The maximum absolute atomic E-state index is 12.8. The lowest BCUT2D eigenvalue weighted by atomic mass is 10.1. The number of fused-ring (bicyclic) bond motifs is 1. The highest BCUT2D eigenvalue weighted by atomic mass is 32.2. The standard InChI is InChI=1S/C12H20N4O2S2/c1-4-9(3)8-15(5-2)20(17,18)11-10(13)14-12-16(11)6-7-19-12/h6-7,9H,4-5,8,13H2,1-3H3. The predicted octanol–water partition coefficient (Wildman–Crippen LogP) is 2.03. The molecule has 2 N–H and O–H groups in total. The summed E-state index contributed by atoms with van der Waals surface area (Å²) in [5.41, 5.74) is 5.81. The first kappa shape index (κ1) is 15.3. The molecule has 2 aromatic rings. The summed E-state index contributed by atoms with van der Waals surface area (Å²) >= 11 is 1.37. The summed E-state index contributed by atoms with van der Waals surface area (Å²) in [5.74, 6) is 0.372. The number of aromatic nitrogens is 2. The van der Waals surface area contributed by atoms with Crippen molar-refractivity contribution < 1.29 is 8.42 Å². The van der Waals surface area contributed by atoms with Crippen molar-refractivity contribution in [3.05, 3.63) is 11.6 Å². The molecule has 0 saturated heterocycles. The third-order valence-corrected chi connectivity index (χ3v) is 6.13. The highest BCUT2D eigenvalue weighted by Gasteiger charge is 2.30. The minimum absolute atomic E-state index is 0.0689. The van der Waals surface area contributed by atoms with Gasteiger partial charge in [0.1, 0.15) is 0 Å². The third kappa shape index (κ3) is 2.55. The zero-order valence-corrected chi connectivity index (χ0v) is 13.5. The van der Waals surface area contributed by atoms with Crippen LogP contribution in [0.5, 0.6) is 0 Å². The van der Waals surface area contributed by atoms with Gasteiger partial charge < -0.3 is 5.73 Å². The van der Waals surface area contributed by atoms with Gasteiger partial charge in [-0.15, -0.1) is 11.3 Å². The lowest BCUT2D eigenvalue weighted by molar-refractivity contribution is 0.360. The second-order valence-corrected chi connectivity index (χ2v) is 7.55. The maximum atomic E-state index is 12.8. The van der Waals surface area contributed by atoms with E-state index in [1.165, 1.54) is 15.6 Å². The summed E-state index contributed by atoms with van der Waals surface area (Å²) in [4.78, 5) is 4.71. The molecular weight excluding hydrogens is 296 g/mol. The Bertz CT molecular complexity index is 689. The molecule has 2 heterocycles. The van der Waals surface area contributed by atoms with E-state index in [1.54, 1.807) is 16.0 Å². The molecule has 0 aliphatic rings. The summed E-state index contributed by atoms with van der Waals surface area (Å²) in [6.07, 6.45) is 2.62. The van der Waals surface area contributed by atoms with Crippen LogP contribution in [0.4, 0.5) is 5.82 Å². The van der Waals surface area contributed by atoms with E-state index >= 15 is 0 Å². The molecule has 20 heavy (non-hydrogen) atoms. The Morgan fingerprint density at radius 3 is 2.80 bits per heavy atom. The fourth-order valence-electron chi connectivity index (χ4n) is 2.03. The van der Waals surface area contributed by atoms with Gasteiger partial charge in [0.05, 0.1) is 0 Å². The van der Waals surface area contributed by atoms with Crippen molar-refractivity contribution >= 4 is 32.1 Å². The van der Waals surface area contributed by atoms with E-state index in [9.17, 15) is 8.42 Å². The Morgan fingerprint density at radius 2 is 2.20 bits per heavy atom. The first-order valence-corrected chi connectivity index (χ1v) is 8.94. The molecule has 0 aromatic carbocycles. The van der Waals surface area contributed by atoms with E-state index in [0.717, 1.165) is 6.42 Å². The van der Waals surface area contributed by atoms with Crippen LogP contribution in [0, 0.1) is 5.92 Å². The molecule has 2 rings (SSSR count). The van der Waals surface area contributed by atoms with Crippen LogP contribution in [0.2, 0.25) is 0 Å². The van der Waals surface area contributed by atoms with Gasteiger partial charge in [0, 0.05) is 24.7 Å². The molecule has 2 aromatic heterocycles. The average Bonchev–Trinajstić information content (AvgIpc) is 2.94. The molecule has 0 saturated carbocycles. The second kappa shape index (κ2) is 5.71. The number of anilines is 1. The SMILES string of the molecule is CCC(C)CN(CC)S(=O)(=O)c1c(N)nc2sccn12. The lowest BCUT2D eigenvalue weighted by Gasteiger charge is -2.23. The number of nitrogen functional groups attached to an aromatic ring is 1. The number of thiazole rings is 1. The summed E-state index contributed by atoms with van der Waals surface area (Å²) in [6, 6.07) is 0. The fraction of sp³-hybridized carbons (Fsp3) is 0.583. The van der Waals surface area contributed by atoms with Crippen LogP contribution >= 0.6 is 11.3 Å². The molecule has 1 unspecified atom stereocenters. The Kier molecular flexibility index (Phi) is 4.36. The zero-order chi connectivity index (χ0) is 14.9. The van der Waals surface area contributed by atoms with Gasteiger partial charge in [-0.1, -0.05) is 27.2 Å². The number of hydrogen-bond donors (Lipinski definition) is 1. The number of sulfonamides is 1. The molecule has 112 valence electrons. The van der Waals surface area contributed by atoms with Crippen molar-refractivity contribution in [2.45, 2.75) is 32.2 Å². The van der Waals surface area contributed by atoms with Gasteiger partial charge in [0.25, 0.3) is 10.0 Å². The minimum Gasteiger partial charge on any atom is -0.381 e. The predicted molar refractivity (Wildman–Crippen MR) is 81.4 cm³/mol. The first-order chi connectivity index (χ1) is 9.41. The van der Waals surface area contributed by atoms with E-state index in [1.807, 2.05) is 13.8 Å². The van der Waals surface area contributed by atoms with Crippen molar-refractivity contribution in [1.82, 2.24) is 13.7 Å². The highest BCUT2D eigenvalue weighted by Crippen LogP contribution is 2.26. The molecule has 1 atom stereocenters. The second-order valence-electron chi connectivity index (χ2n) is 4.83. The van der Waals surface area contributed by atoms with Crippen LogP contribution in [-0.4, -0.2) is 35.2 Å². The molecule has 8 heteroatoms. The molecule has 0 radical (unpaired) electrons. The quantitative estimate of drug-likeness (QED) is 0.884. The average molecular weight is 316 g/mol. The Morgan fingerprint density at radius 1 is 1.50 bits per heavy atom. The summed E-state index contributed by atoms with van der Waals surface area (Å²) in [5, 5.41) is 1.88. The van der Waals surface area contributed by atoms with Crippen molar-refractivity contribution in [3.8, 4) is 0 Å². The maximum Gasteiger partial charge on any atom is 0.262 e. The van der Waals surface area contributed by atoms with E-state index in [-0.39, 0.29) is 10.8 Å². The molecule has 0 amide bonds. The van der Waals surface area contributed by atoms with Crippen LogP contribution in [0.25, 0.3) is 4.96 Å². The van der Waals surface area contributed by atoms with Gasteiger partial charge in [-0.3, -0.25) is 4.40 Å². The first-order valence-electron chi connectivity index (χ1n) is 6.63. The molecule has 0 fully saturated rings. The van der Waals surface area contributed by atoms with Gasteiger partial charge in [0.15, 0.2) is 15.8 Å². The smallest absolute Gasteiger partial charge is 0.262 e. The summed E-state index contributed by atoms with van der Waals surface area (Å²) in [6.45, 7) is 6.84. The Hall–Kier alpha value is -1.12. The van der Waals surface area contributed by atoms with Crippen LogP contribution in [0.15, 0.2) is 16.6 Å². The normalized spacial score (nSPS) is 14.2. The van der Waals surface area contributed by atoms with Crippen LogP contribution in [0.3, 0.4) is 0 Å². The van der Waals surface area contributed by atoms with E-state index in [4.69, 9.17) is 5.73 Å². The van der Waals surface area contributed by atoms with Crippen molar-refractivity contribution in [1.29, 1.82) is 0 Å². The molecular formula is C12H20N4O2S2. The third-order valence-electron chi connectivity index (χ3n) is 3.39. The van der Waals surface area contributed by atoms with E-state index < -0.39 is 10.0 Å². The summed E-state index contributed by atoms with van der Waals surface area (Å²) in [7, 11) is -3.62. The van der Waals surface area contributed by atoms with Crippen LogP contribution in [0.1, 0.15) is 27.2 Å². The number of nitrogens with zero attached hydrogens (tertiary/aromatic N) is 3. The van der Waals surface area contributed by atoms with E-state index in [0.29, 0.717) is 24.0 Å². The molecule has 6 nitrogen and oxygen atoms in total. The molecule has 0 bridgehead atoms. The van der Waals surface area contributed by atoms with Crippen LogP contribution < -0.4 is 5.73 Å². The zero-order valence-electron chi connectivity index (χ0n) is 11.9. The lowest BCUT2D eigenvalue weighted by Crippen LogP contribution is -2.35. The van der Waals surface area contributed by atoms with Crippen molar-refractivity contribution in [2.75, 3.05) is 18.8 Å².